The second-order valence-corrected chi connectivity index (χ2v) is 4.89. The van der Waals surface area contributed by atoms with Crippen molar-refractivity contribution in [2.45, 2.75) is 75.8 Å². The molecule has 21 heavy (non-hydrogen) atoms. The number of hydrogen-bond acceptors (Lipinski definition) is 0. The zero-order valence-electron chi connectivity index (χ0n) is 11.4. The fraction of sp³-hybridized carbons (Fsp3) is 1.00. The van der Waals surface area contributed by atoms with Crippen molar-refractivity contribution in [2.24, 2.45) is 0 Å². The predicted molar refractivity (Wildman–Crippen MR) is 58.9 cm³/mol. The molecule has 0 fully saturated rings. The topological polar surface area (TPSA) is 0 Å². The van der Waals surface area contributed by atoms with Gasteiger partial charge in [0.15, 0.2) is 0 Å². The standard InChI is InChI=1S/C12H17F9/c1-2-3-4-5-6-7-8-9(13,11(16,17)18)10(14,15)12(19,20)21/h2-8H2,1H3. The molecule has 1 atom stereocenters. The lowest BCUT2D eigenvalue weighted by Crippen LogP contribution is -2.62. The molecule has 0 rings (SSSR count). The molecule has 0 saturated heterocycles. The van der Waals surface area contributed by atoms with Crippen molar-refractivity contribution in [3.63, 3.8) is 0 Å². The summed E-state index contributed by atoms with van der Waals surface area (Å²) in [4.78, 5) is 0. The van der Waals surface area contributed by atoms with Crippen LogP contribution in [0.4, 0.5) is 39.5 Å². The normalized spacial score (nSPS) is 16.9. The van der Waals surface area contributed by atoms with Gasteiger partial charge < -0.3 is 0 Å². The maximum atomic E-state index is 13.6. The molecule has 0 aromatic carbocycles. The molecule has 0 radical (unpaired) electrons. The third-order valence-electron chi connectivity index (χ3n) is 3.18. The van der Waals surface area contributed by atoms with Gasteiger partial charge in [-0.05, 0) is 12.8 Å². The first-order chi connectivity index (χ1) is 9.31. The molecule has 0 saturated carbocycles. The minimum atomic E-state index is -6.60. The second kappa shape index (κ2) is 7.09. The summed E-state index contributed by atoms with van der Waals surface area (Å²) >= 11 is 0. The van der Waals surface area contributed by atoms with Gasteiger partial charge in [-0.25, -0.2) is 4.39 Å². The van der Waals surface area contributed by atoms with E-state index in [9.17, 15) is 39.5 Å². The Morgan fingerprint density at radius 1 is 0.571 bits per heavy atom. The molecule has 9 heteroatoms. The third-order valence-corrected chi connectivity index (χ3v) is 3.18. The summed E-state index contributed by atoms with van der Waals surface area (Å²) in [7, 11) is 0. The largest absolute Gasteiger partial charge is 0.457 e. The Hall–Kier alpha value is -0.630. The summed E-state index contributed by atoms with van der Waals surface area (Å²) in [5, 5.41) is 0. The molecule has 0 aliphatic carbocycles. The molecule has 0 bridgehead atoms. The molecule has 0 N–H and O–H groups in total. The Bertz CT molecular complexity index is 305. The molecule has 0 aliphatic heterocycles. The number of unbranched alkanes of at least 4 members (excludes halogenated alkanes) is 5. The lowest BCUT2D eigenvalue weighted by molar-refractivity contribution is -0.384. The molecular formula is C12H17F9. The van der Waals surface area contributed by atoms with Crippen LogP contribution < -0.4 is 0 Å². The van der Waals surface area contributed by atoms with Crippen LogP contribution in [0.25, 0.3) is 0 Å². The van der Waals surface area contributed by atoms with Gasteiger partial charge in [-0.15, -0.1) is 0 Å². The van der Waals surface area contributed by atoms with E-state index in [0.717, 1.165) is 12.8 Å². The molecule has 1 unspecified atom stereocenters. The van der Waals surface area contributed by atoms with Crippen LogP contribution in [0.2, 0.25) is 0 Å². The van der Waals surface area contributed by atoms with E-state index in [1.54, 1.807) is 0 Å². The van der Waals surface area contributed by atoms with E-state index in [0.29, 0.717) is 12.8 Å². The highest BCUT2D eigenvalue weighted by atomic mass is 19.4. The van der Waals surface area contributed by atoms with Gasteiger partial charge in [0.2, 0.25) is 0 Å². The van der Waals surface area contributed by atoms with E-state index >= 15 is 0 Å². The lowest BCUT2D eigenvalue weighted by atomic mass is 9.89. The quantitative estimate of drug-likeness (QED) is 0.366. The van der Waals surface area contributed by atoms with Crippen molar-refractivity contribution < 1.29 is 39.5 Å². The summed E-state index contributed by atoms with van der Waals surface area (Å²) in [6.45, 7) is 1.86. The highest BCUT2D eigenvalue weighted by molar-refractivity contribution is 5.03. The first-order valence-electron chi connectivity index (χ1n) is 6.51. The van der Waals surface area contributed by atoms with E-state index < -0.39 is 36.8 Å². The average Bonchev–Trinajstić information content (AvgIpc) is 2.30. The van der Waals surface area contributed by atoms with Crippen LogP contribution in [0.3, 0.4) is 0 Å². The molecule has 0 aromatic rings. The lowest BCUT2D eigenvalue weighted by Gasteiger charge is -2.35. The molecule has 0 amide bonds. The van der Waals surface area contributed by atoms with Gasteiger partial charge in [0.1, 0.15) is 0 Å². The molecule has 0 aliphatic rings. The minimum absolute atomic E-state index is 0.0321. The van der Waals surface area contributed by atoms with Crippen molar-refractivity contribution in [1.82, 2.24) is 0 Å². The van der Waals surface area contributed by atoms with Crippen LogP contribution in [-0.4, -0.2) is 23.9 Å². The van der Waals surface area contributed by atoms with Gasteiger partial charge in [0, 0.05) is 0 Å². The van der Waals surface area contributed by atoms with Gasteiger partial charge >= 0.3 is 18.3 Å². The maximum absolute atomic E-state index is 13.6. The van der Waals surface area contributed by atoms with Crippen LogP contribution in [0.5, 0.6) is 0 Å². The SMILES string of the molecule is CCCCCCCCC(F)(C(F)(F)F)C(F)(F)C(F)(F)F. The van der Waals surface area contributed by atoms with Crippen LogP contribution in [0, 0.1) is 0 Å². The monoisotopic (exact) mass is 332 g/mol. The van der Waals surface area contributed by atoms with Gasteiger partial charge in [-0.3, -0.25) is 0 Å². The summed E-state index contributed by atoms with van der Waals surface area (Å²) in [5.74, 6) is -6.47. The molecule has 0 aromatic heterocycles. The smallest absolute Gasteiger partial charge is 0.227 e. The second-order valence-electron chi connectivity index (χ2n) is 4.89. The van der Waals surface area contributed by atoms with Crippen molar-refractivity contribution in [2.75, 3.05) is 0 Å². The van der Waals surface area contributed by atoms with E-state index in [1.807, 2.05) is 6.92 Å². The maximum Gasteiger partial charge on any atom is 0.457 e. The Labute approximate surface area is 116 Å². The van der Waals surface area contributed by atoms with Crippen molar-refractivity contribution in [3.8, 4) is 0 Å². The Morgan fingerprint density at radius 2 is 1.00 bits per heavy atom. The summed E-state index contributed by atoms with van der Waals surface area (Å²) in [5.41, 5.74) is -5.59. The number of alkyl halides is 9. The average molecular weight is 332 g/mol. The van der Waals surface area contributed by atoms with E-state index in [1.165, 1.54) is 0 Å². The van der Waals surface area contributed by atoms with Crippen LogP contribution in [0.1, 0.15) is 51.9 Å². The highest BCUT2D eigenvalue weighted by Gasteiger charge is 2.80. The third kappa shape index (κ3) is 4.67. The van der Waals surface area contributed by atoms with Crippen LogP contribution in [0.15, 0.2) is 0 Å². The van der Waals surface area contributed by atoms with Gasteiger partial charge in [0.25, 0.3) is 5.67 Å². The van der Waals surface area contributed by atoms with Gasteiger partial charge in [0.05, 0.1) is 0 Å². The zero-order valence-corrected chi connectivity index (χ0v) is 11.4. The molecule has 128 valence electrons. The number of rotatable bonds is 8. The van der Waals surface area contributed by atoms with Crippen LogP contribution >= 0.6 is 0 Å². The first-order valence-corrected chi connectivity index (χ1v) is 6.51. The predicted octanol–water partition coefficient (Wildman–Crippen LogP) is 6.21. The van der Waals surface area contributed by atoms with Crippen molar-refractivity contribution in [1.29, 1.82) is 0 Å². The fourth-order valence-corrected chi connectivity index (χ4v) is 1.85. The van der Waals surface area contributed by atoms with Crippen LogP contribution in [-0.2, 0) is 0 Å². The Balaban J connectivity index is 4.90. The highest BCUT2D eigenvalue weighted by Crippen LogP contribution is 2.54. The molecule has 0 spiro atoms. The van der Waals surface area contributed by atoms with Crippen molar-refractivity contribution >= 4 is 0 Å². The fourth-order valence-electron chi connectivity index (χ4n) is 1.85. The molecular weight excluding hydrogens is 315 g/mol. The molecule has 0 heterocycles. The Morgan fingerprint density at radius 3 is 1.38 bits per heavy atom. The zero-order chi connectivity index (χ0) is 16.9. The van der Waals surface area contributed by atoms with E-state index in [-0.39, 0.29) is 6.42 Å². The van der Waals surface area contributed by atoms with Gasteiger partial charge in [-0.1, -0.05) is 39.0 Å². The van der Waals surface area contributed by atoms with Crippen molar-refractivity contribution in [3.05, 3.63) is 0 Å². The van der Waals surface area contributed by atoms with E-state index in [2.05, 4.69) is 0 Å². The Kier molecular flexibility index (Phi) is 6.87. The molecule has 0 nitrogen and oxygen atoms in total. The minimum Gasteiger partial charge on any atom is -0.227 e. The summed E-state index contributed by atoms with van der Waals surface area (Å²) in [6.07, 6.45) is -13.0. The summed E-state index contributed by atoms with van der Waals surface area (Å²) in [6, 6.07) is 0. The number of halogens is 9. The first kappa shape index (κ1) is 20.4. The van der Waals surface area contributed by atoms with E-state index in [4.69, 9.17) is 0 Å². The summed E-state index contributed by atoms with van der Waals surface area (Å²) < 4.78 is 113. The van der Waals surface area contributed by atoms with Gasteiger partial charge in [-0.2, -0.15) is 35.1 Å². The number of hydrogen-bond donors (Lipinski definition) is 0.